The second-order valence-corrected chi connectivity index (χ2v) is 7.12. The number of hydrogen-bond donors (Lipinski definition) is 1. The molecule has 106 valence electrons. The van der Waals surface area contributed by atoms with E-state index in [-0.39, 0.29) is 0 Å². The Morgan fingerprint density at radius 1 is 1.32 bits per heavy atom. The van der Waals surface area contributed by atoms with Crippen molar-refractivity contribution < 1.29 is 0 Å². The van der Waals surface area contributed by atoms with Crippen molar-refractivity contribution in [2.45, 2.75) is 64.7 Å². The highest BCUT2D eigenvalue weighted by Crippen LogP contribution is 2.36. The van der Waals surface area contributed by atoms with Crippen LogP contribution in [0.25, 0.3) is 0 Å². The molecule has 0 aromatic carbocycles. The number of aromatic amines is 1. The Bertz CT molecular complexity index is 487. The van der Waals surface area contributed by atoms with Crippen molar-refractivity contribution in [2.75, 3.05) is 0 Å². The Labute approximate surface area is 129 Å². The van der Waals surface area contributed by atoms with E-state index in [0.29, 0.717) is 16.5 Å². The molecule has 0 aliphatic heterocycles. The van der Waals surface area contributed by atoms with Crippen LogP contribution in [-0.2, 0) is 0 Å². The van der Waals surface area contributed by atoms with Crippen LogP contribution >= 0.6 is 28.1 Å². The van der Waals surface area contributed by atoms with E-state index in [1.165, 1.54) is 37.8 Å². The maximum Gasteiger partial charge on any atom is 0.144 e. The third-order valence-corrected chi connectivity index (χ3v) is 5.66. The molecule has 1 saturated carbocycles. The van der Waals surface area contributed by atoms with E-state index in [1.54, 1.807) is 0 Å². The average Bonchev–Trinajstić information content (AvgIpc) is 2.41. The number of halogens is 1. The molecular formula is C15H23BrN2S. The van der Waals surface area contributed by atoms with Gasteiger partial charge in [-0.25, -0.2) is 4.98 Å². The third-order valence-electron chi connectivity index (χ3n) is 4.30. The second-order valence-electron chi connectivity index (χ2n) is 5.94. The molecule has 1 aliphatic rings. The van der Waals surface area contributed by atoms with Crippen LogP contribution in [0.2, 0.25) is 0 Å². The minimum Gasteiger partial charge on any atom is -0.346 e. The molecule has 0 unspecified atom stereocenters. The molecule has 0 spiro atoms. The molecular weight excluding hydrogens is 320 g/mol. The quantitative estimate of drug-likeness (QED) is 0.712. The van der Waals surface area contributed by atoms with Gasteiger partial charge >= 0.3 is 0 Å². The SMILES string of the molecule is CCC1CCC(c2nc(=S)c(Br)c(C(C)C)[nH]2)CC1. The molecule has 1 N–H and O–H groups in total. The normalized spacial score (nSPS) is 23.8. The fourth-order valence-electron chi connectivity index (χ4n) is 2.93. The number of hydrogen-bond acceptors (Lipinski definition) is 2. The molecule has 0 bridgehead atoms. The standard InChI is InChI=1S/C15H23BrN2S/c1-4-10-5-7-11(8-6-10)14-17-13(9(2)3)12(16)15(19)18-14/h9-11H,4-8H2,1-3H3,(H,17,18,19). The van der Waals surface area contributed by atoms with Gasteiger partial charge in [0.15, 0.2) is 0 Å². The van der Waals surface area contributed by atoms with Crippen molar-refractivity contribution in [1.29, 1.82) is 0 Å². The van der Waals surface area contributed by atoms with Gasteiger partial charge in [0.1, 0.15) is 10.5 Å². The van der Waals surface area contributed by atoms with Crippen molar-refractivity contribution >= 4 is 28.1 Å². The lowest BCUT2D eigenvalue weighted by Gasteiger charge is -2.27. The molecule has 1 aromatic rings. The Morgan fingerprint density at radius 2 is 1.95 bits per heavy atom. The van der Waals surface area contributed by atoms with E-state index in [1.807, 2.05) is 0 Å². The summed E-state index contributed by atoms with van der Waals surface area (Å²) >= 11 is 8.95. The van der Waals surface area contributed by atoms with E-state index < -0.39 is 0 Å². The summed E-state index contributed by atoms with van der Waals surface area (Å²) in [5, 5.41) is 0. The summed E-state index contributed by atoms with van der Waals surface area (Å²) in [5.41, 5.74) is 1.19. The zero-order valence-electron chi connectivity index (χ0n) is 12.0. The highest BCUT2D eigenvalue weighted by Gasteiger charge is 2.24. The summed E-state index contributed by atoms with van der Waals surface area (Å²) in [4.78, 5) is 8.13. The second kappa shape index (κ2) is 6.49. The van der Waals surface area contributed by atoms with Gasteiger partial charge in [-0.15, -0.1) is 0 Å². The predicted octanol–water partition coefficient (Wildman–Crippen LogP) is 5.71. The lowest BCUT2D eigenvalue weighted by atomic mass is 9.80. The first-order valence-electron chi connectivity index (χ1n) is 7.32. The molecule has 0 radical (unpaired) electrons. The molecule has 0 amide bonds. The first-order valence-corrected chi connectivity index (χ1v) is 8.52. The number of H-pyrrole nitrogens is 1. The van der Waals surface area contributed by atoms with Gasteiger partial charge in [0.2, 0.25) is 0 Å². The Hall–Kier alpha value is -0.220. The smallest absolute Gasteiger partial charge is 0.144 e. The van der Waals surface area contributed by atoms with Gasteiger partial charge < -0.3 is 4.98 Å². The zero-order chi connectivity index (χ0) is 14.0. The summed E-state index contributed by atoms with van der Waals surface area (Å²) in [6.07, 6.45) is 6.46. The monoisotopic (exact) mass is 342 g/mol. The van der Waals surface area contributed by atoms with E-state index in [9.17, 15) is 0 Å². The molecule has 1 aliphatic carbocycles. The Balaban J connectivity index is 2.24. The van der Waals surface area contributed by atoms with Crippen LogP contribution < -0.4 is 0 Å². The molecule has 1 aromatic heterocycles. The number of aromatic nitrogens is 2. The maximum atomic E-state index is 5.38. The van der Waals surface area contributed by atoms with Gasteiger partial charge in [-0.3, -0.25) is 0 Å². The van der Waals surface area contributed by atoms with Crippen molar-refractivity contribution in [3.63, 3.8) is 0 Å². The highest BCUT2D eigenvalue weighted by atomic mass is 79.9. The first-order chi connectivity index (χ1) is 9.02. The predicted molar refractivity (Wildman–Crippen MR) is 86.2 cm³/mol. The number of rotatable bonds is 3. The number of nitrogens with zero attached hydrogens (tertiary/aromatic N) is 1. The van der Waals surface area contributed by atoms with Crippen LogP contribution in [0.1, 0.15) is 76.2 Å². The lowest BCUT2D eigenvalue weighted by molar-refractivity contribution is 0.311. The highest BCUT2D eigenvalue weighted by molar-refractivity contribution is 9.10. The maximum absolute atomic E-state index is 5.38. The fraction of sp³-hybridized carbons (Fsp3) is 0.733. The van der Waals surface area contributed by atoms with Crippen LogP contribution in [0.5, 0.6) is 0 Å². The van der Waals surface area contributed by atoms with E-state index in [0.717, 1.165) is 16.2 Å². The minimum atomic E-state index is 0.435. The van der Waals surface area contributed by atoms with Crippen LogP contribution in [0.3, 0.4) is 0 Å². The van der Waals surface area contributed by atoms with Crippen molar-refractivity contribution in [3.05, 3.63) is 20.6 Å². The molecule has 0 saturated heterocycles. The van der Waals surface area contributed by atoms with Crippen molar-refractivity contribution in [1.82, 2.24) is 9.97 Å². The van der Waals surface area contributed by atoms with E-state index in [2.05, 4.69) is 46.7 Å². The summed E-state index contributed by atoms with van der Waals surface area (Å²) < 4.78 is 1.67. The topological polar surface area (TPSA) is 28.7 Å². The molecule has 2 nitrogen and oxygen atoms in total. The molecule has 1 fully saturated rings. The van der Waals surface area contributed by atoms with Crippen LogP contribution in [0.4, 0.5) is 0 Å². The lowest BCUT2D eigenvalue weighted by Crippen LogP contribution is -2.16. The van der Waals surface area contributed by atoms with Crippen LogP contribution in [-0.4, -0.2) is 9.97 Å². The zero-order valence-corrected chi connectivity index (χ0v) is 14.4. The molecule has 0 atom stereocenters. The number of nitrogens with one attached hydrogen (secondary N) is 1. The van der Waals surface area contributed by atoms with Gasteiger partial charge in [0.25, 0.3) is 0 Å². The van der Waals surface area contributed by atoms with E-state index in [4.69, 9.17) is 12.2 Å². The average molecular weight is 343 g/mol. The summed E-state index contributed by atoms with van der Waals surface area (Å²) in [5.74, 6) is 3.02. The third kappa shape index (κ3) is 3.46. The van der Waals surface area contributed by atoms with Crippen molar-refractivity contribution in [2.24, 2.45) is 5.92 Å². The summed E-state index contributed by atoms with van der Waals surface area (Å²) in [7, 11) is 0. The Kier molecular flexibility index (Phi) is 5.18. The van der Waals surface area contributed by atoms with Crippen LogP contribution in [0, 0.1) is 10.6 Å². The first kappa shape index (κ1) is 15.2. The van der Waals surface area contributed by atoms with Gasteiger partial charge in [0.05, 0.1) is 4.47 Å². The fourth-order valence-corrected chi connectivity index (χ4v) is 3.78. The van der Waals surface area contributed by atoms with Gasteiger partial charge in [0, 0.05) is 11.6 Å². The largest absolute Gasteiger partial charge is 0.346 e. The molecule has 1 heterocycles. The Morgan fingerprint density at radius 3 is 2.47 bits per heavy atom. The van der Waals surface area contributed by atoms with E-state index >= 15 is 0 Å². The van der Waals surface area contributed by atoms with Gasteiger partial charge in [-0.2, -0.15) is 0 Å². The van der Waals surface area contributed by atoms with Crippen LogP contribution in [0.15, 0.2) is 4.47 Å². The molecule has 19 heavy (non-hydrogen) atoms. The minimum absolute atomic E-state index is 0.435. The molecule has 2 rings (SSSR count). The summed E-state index contributed by atoms with van der Waals surface area (Å²) in [6, 6.07) is 0. The van der Waals surface area contributed by atoms with Crippen molar-refractivity contribution in [3.8, 4) is 0 Å². The van der Waals surface area contributed by atoms with Gasteiger partial charge in [-0.05, 0) is 53.4 Å². The van der Waals surface area contributed by atoms with Gasteiger partial charge in [-0.1, -0.05) is 39.4 Å². The summed E-state index contributed by atoms with van der Waals surface area (Å²) in [6.45, 7) is 6.67. The molecule has 4 heteroatoms.